The van der Waals surface area contributed by atoms with Crippen LogP contribution in [0.2, 0.25) is 10.0 Å². The first-order chi connectivity index (χ1) is 9.79. The van der Waals surface area contributed by atoms with E-state index in [9.17, 15) is 8.42 Å². The van der Waals surface area contributed by atoms with Gasteiger partial charge in [-0.2, -0.15) is 0 Å². The molecular formula is C14H11Cl3O3S. The molecule has 0 saturated heterocycles. The van der Waals surface area contributed by atoms with Gasteiger partial charge in [-0.25, -0.2) is 8.42 Å². The zero-order chi connectivity index (χ0) is 15.6. The van der Waals surface area contributed by atoms with E-state index >= 15 is 0 Å². The van der Waals surface area contributed by atoms with Crippen LogP contribution in [0.25, 0.3) is 0 Å². The molecule has 0 aliphatic heterocycles. The second-order valence-electron chi connectivity index (χ2n) is 4.41. The van der Waals surface area contributed by atoms with Crippen LogP contribution in [0.3, 0.4) is 0 Å². The SMILES string of the molecule is Cc1cccc(COc2ccc(S(=O)(=O)Cl)c(Cl)c2Cl)c1. The van der Waals surface area contributed by atoms with Gasteiger partial charge < -0.3 is 4.74 Å². The second-order valence-corrected chi connectivity index (χ2v) is 7.70. The second kappa shape index (κ2) is 6.44. The summed E-state index contributed by atoms with van der Waals surface area (Å²) in [4.78, 5) is -0.237. The van der Waals surface area contributed by atoms with Crippen LogP contribution >= 0.6 is 33.9 Å². The lowest BCUT2D eigenvalue weighted by Gasteiger charge is -2.11. The predicted molar refractivity (Wildman–Crippen MR) is 85.0 cm³/mol. The third-order valence-electron chi connectivity index (χ3n) is 2.75. The summed E-state index contributed by atoms with van der Waals surface area (Å²) in [5, 5.41) is -0.126. The van der Waals surface area contributed by atoms with Gasteiger partial charge in [0.15, 0.2) is 0 Å². The van der Waals surface area contributed by atoms with Crippen LogP contribution < -0.4 is 4.74 Å². The van der Waals surface area contributed by atoms with Crippen molar-refractivity contribution in [2.24, 2.45) is 0 Å². The molecule has 7 heteroatoms. The Balaban J connectivity index is 2.24. The zero-order valence-electron chi connectivity index (χ0n) is 10.9. The van der Waals surface area contributed by atoms with Crippen molar-refractivity contribution in [3.8, 4) is 5.75 Å². The Morgan fingerprint density at radius 2 is 1.81 bits per heavy atom. The van der Waals surface area contributed by atoms with Gasteiger partial charge in [-0.3, -0.25) is 0 Å². The maximum atomic E-state index is 11.3. The van der Waals surface area contributed by atoms with Crippen LogP contribution in [0.4, 0.5) is 0 Å². The van der Waals surface area contributed by atoms with E-state index in [4.69, 9.17) is 38.6 Å². The fraction of sp³-hybridized carbons (Fsp3) is 0.143. The average molecular weight is 366 g/mol. The van der Waals surface area contributed by atoms with Gasteiger partial charge in [-0.1, -0.05) is 53.0 Å². The highest BCUT2D eigenvalue weighted by molar-refractivity contribution is 8.13. The van der Waals surface area contributed by atoms with Crippen molar-refractivity contribution in [1.82, 2.24) is 0 Å². The minimum absolute atomic E-state index is 0.0195. The van der Waals surface area contributed by atoms with Crippen LogP contribution in [0, 0.1) is 6.92 Å². The quantitative estimate of drug-likeness (QED) is 0.730. The molecule has 0 fully saturated rings. The monoisotopic (exact) mass is 364 g/mol. The largest absolute Gasteiger partial charge is 0.487 e. The molecular weight excluding hydrogens is 355 g/mol. The molecule has 2 rings (SSSR count). The van der Waals surface area contributed by atoms with Crippen molar-refractivity contribution in [2.75, 3.05) is 0 Å². The van der Waals surface area contributed by atoms with Crippen molar-refractivity contribution in [1.29, 1.82) is 0 Å². The van der Waals surface area contributed by atoms with Crippen molar-refractivity contribution in [2.45, 2.75) is 18.4 Å². The molecule has 0 unspecified atom stereocenters. The van der Waals surface area contributed by atoms with Gasteiger partial charge in [-0.05, 0) is 24.6 Å². The highest BCUT2D eigenvalue weighted by atomic mass is 35.7. The fourth-order valence-corrected chi connectivity index (χ4v) is 3.56. The normalized spacial score (nSPS) is 11.4. The van der Waals surface area contributed by atoms with E-state index in [2.05, 4.69) is 0 Å². The molecule has 2 aromatic rings. The molecule has 0 amide bonds. The summed E-state index contributed by atoms with van der Waals surface area (Å²) in [6, 6.07) is 10.5. The maximum Gasteiger partial charge on any atom is 0.262 e. The number of halogens is 3. The lowest BCUT2D eigenvalue weighted by Crippen LogP contribution is -1.98. The van der Waals surface area contributed by atoms with Crippen molar-refractivity contribution < 1.29 is 13.2 Å². The molecule has 0 atom stereocenters. The number of rotatable bonds is 4. The summed E-state index contributed by atoms with van der Waals surface area (Å²) in [6.45, 7) is 2.28. The number of aryl methyl sites for hydroxylation is 1. The van der Waals surface area contributed by atoms with Crippen molar-refractivity contribution in [3.63, 3.8) is 0 Å². The summed E-state index contributed by atoms with van der Waals surface area (Å²) < 4.78 is 28.2. The lowest BCUT2D eigenvalue weighted by atomic mass is 10.1. The van der Waals surface area contributed by atoms with E-state index in [-0.39, 0.29) is 14.9 Å². The summed E-state index contributed by atoms with van der Waals surface area (Å²) in [5.41, 5.74) is 2.08. The van der Waals surface area contributed by atoms with E-state index < -0.39 is 9.05 Å². The van der Waals surface area contributed by atoms with Crippen LogP contribution in [0.1, 0.15) is 11.1 Å². The van der Waals surface area contributed by atoms with E-state index in [0.717, 1.165) is 11.1 Å². The zero-order valence-corrected chi connectivity index (χ0v) is 14.0. The van der Waals surface area contributed by atoms with Crippen LogP contribution in [-0.2, 0) is 15.7 Å². The number of benzene rings is 2. The molecule has 0 aliphatic carbocycles. The van der Waals surface area contributed by atoms with E-state index in [1.54, 1.807) is 0 Å². The highest BCUT2D eigenvalue weighted by Gasteiger charge is 2.19. The molecule has 0 saturated carbocycles. The van der Waals surface area contributed by atoms with Gasteiger partial charge in [-0.15, -0.1) is 0 Å². The van der Waals surface area contributed by atoms with E-state index in [1.807, 2.05) is 31.2 Å². The molecule has 21 heavy (non-hydrogen) atoms. The summed E-state index contributed by atoms with van der Waals surface area (Å²) in [7, 11) is 1.32. The third-order valence-corrected chi connectivity index (χ3v) is 5.09. The van der Waals surface area contributed by atoms with Crippen molar-refractivity contribution in [3.05, 3.63) is 57.6 Å². The van der Waals surface area contributed by atoms with Gasteiger partial charge in [0.1, 0.15) is 22.3 Å². The standard InChI is InChI=1S/C14H11Cl3O3S/c1-9-3-2-4-10(7-9)8-20-11-5-6-12(21(17,18)19)14(16)13(11)15/h2-7H,8H2,1H3. The summed E-state index contributed by atoms with van der Waals surface area (Å²) in [6.07, 6.45) is 0. The molecule has 0 aliphatic rings. The molecule has 0 spiro atoms. The minimum Gasteiger partial charge on any atom is -0.487 e. The van der Waals surface area contributed by atoms with E-state index in [0.29, 0.717) is 12.4 Å². The van der Waals surface area contributed by atoms with Gasteiger partial charge >= 0.3 is 0 Å². The van der Waals surface area contributed by atoms with Crippen molar-refractivity contribution >= 4 is 42.9 Å². The molecule has 3 nitrogen and oxygen atoms in total. The highest BCUT2D eigenvalue weighted by Crippen LogP contribution is 2.38. The molecule has 0 bridgehead atoms. The van der Waals surface area contributed by atoms with Gasteiger partial charge in [0, 0.05) is 10.7 Å². The Kier molecular flexibility index (Phi) is 5.04. The number of hydrogen-bond donors (Lipinski definition) is 0. The average Bonchev–Trinajstić information content (AvgIpc) is 2.39. The molecule has 0 heterocycles. The lowest BCUT2D eigenvalue weighted by molar-refractivity contribution is 0.306. The number of ether oxygens (including phenoxy) is 1. The topological polar surface area (TPSA) is 43.4 Å². The van der Waals surface area contributed by atoms with Crippen LogP contribution in [0.5, 0.6) is 5.75 Å². The Hall–Kier alpha value is -0.940. The van der Waals surface area contributed by atoms with Gasteiger partial charge in [0.25, 0.3) is 9.05 Å². The molecule has 2 aromatic carbocycles. The smallest absolute Gasteiger partial charge is 0.262 e. The van der Waals surface area contributed by atoms with Crippen LogP contribution in [0.15, 0.2) is 41.3 Å². The predicted octanol–water partition coefficient (Wildman–Crippen LogP) is 4.81. The van der Waals surface area contributed by atoms with E-state index in [1.165, 1.54) is 12.1 Å². The van der Waals surface area contributed by atoms with Gasteiger partial charge in [0.2, 0.25) is 0 Å². The Labute approximate surface area is 137 Å². The fourth-order valence-electron chi connectivity index (χ4n) is 1.78. The molecule has 112 valence electrons. The Bertz CT molecular complexity index is 773. The Morgan fingerprint density at radius 1 is 1.10 bits per heavy atom. The molecule has 0 N–H and O–H groups in total. The Morgan fingerprint density at radius 3 is 2.43 bits per heavy atom. The number of hydrogen-bond acceptors (Lipinski definition) is 3. The first kappa shape index (κ1) is 16.4. The third kappa shape index (κ3) is 4.04. The summed E-state index contributed by atoms with van der Waals surface area (Å²) in [5.74, 6) is 0.298. The first-order valence-electron chi connectivity index (χ1n) is 5.90. The molecule has 0 radical (unpaired) electrons. The first-order valence-corrected chi connectivity index (χ1v) is 8.96. The van der Waals surface area contributed by atoms with Crippen LogP contribution in [-0.4, -0.2) is 8.42 Å². The maximum absolute atomic E-state index is 11.3. The van der Waals surface area contributed by atoms with Gasteiger partial charge in [0.05, 0.1) is 5.02 Å². The molecule has 0 aromatic heterocycles. The summed E-state index contributed by atoms with van der Waals surface area (Å²) >= 11 is 11.9. The minimum atomic E-state index is -3.95.